The van der Waals surface area contributed by atoms with Crippen LogP contribution >= 0.6 is 0 Å². The largest absolute Gasteiger partial charge is 0.507 e. The van der Waals surface area contributed by atoms with Gasteiger partial charge < -0.3 is 20.1 Å². The second-order valence-corrected chi connectivity index (χ2v) is 5.63. The van der Waals surface area contributed by atoms with Crippen LogP contribution in [-0.2, 0) is 6.18 Å². The van der Waals surface area contributed by atoms with Crippen molar-refractivity contribution in [1.29, 1.82) is 0 Å². The second kappa shape index (κ2) is 6.67. The Bertz CT molecular complexity index is 1090. The number of H-pyrrole nitrogens is 1. The molecule has 0 spiro atoms. The second-order valence-electron chi connectivity index (χ2n) is 5.63. The Morgan fingerprint density at radius 1 is 1.22 bits per heavy atom. The molecule has 0 saturated carbocycles. The number of benzene rings is 2. The molecule has 0 aliphatic carbocycles. The summed E-state index contributed by atoms with van der Waals surface area (Å²) in [6, 6.07) is 7.05. The first kappa shape index (κ1) is 18.3. The van der Waals surface area contributed by atoms with Crippen LogP contribution in [0.3, 0.4) is 0 Å². The van der Waals surface area contributed by atoms with Gasteiger partial charge in [0.1, 0.15) is 17.1 Å². The molecule has 3 aromatic rings. The lowest BCUT2D eigenvalue weighted by Gasteiger charge is -2.12. The molecule has 0 radical (unpaired) electrons. The first-order valence-electron chi connectivity index (χ1n) is 7.61. The van der Waals surface area contributed by atoms with E-state index in [9.17, 15) is 27.9 Å². The van der Waals surface area contributed by atoms with Crippen molar-refractivity contribution < 1.29 is 27.8 Å². The van der Waals surface area contributed by atoms with Gasteiger partial charge in [0.2, 0.25) is 5.43 Å². The molecule has 0 saturated heterocycles. The average Bonchev–Trinajstić information content (AvgIpc) is 2.60. The van der Waals surface area contributed by atoms with Gasteiger partial charge in [0.05, 0.1) is 23.6 Å². The zero-order valence-electron chi connectivity index (χ0n) is 13.8. The Labute approximate surface area is 150 Å². The van der Waals surface area contributed by atoms with E-state index in [0.717, 1.165) is 18.3 Å². The number of carbonyl (C=O) groups excluding carboxylic acids is 1. The summed E-state index contributed by atoms with van der Waals surface area (Å²) in [5.74, 6) is -1.35. The number of carbonyl (C=O) groups is 1. The van der Waals surface area contributed by atoms with Gasteiger partial charge in [-0.15, -0.1) is 0 Å². The topological polar surface area (TPSA) is 91.4 Å². The monoisotopic (exact) mass is 378 g/mol. The third-order valence-electron chi connectivity index (χ3n) is 3.86. The Morgan fingerprint density at radius 2 is 1.96 bits per heavy atom. The maximum Gasteiger partial charge on any atom is 0.416 e. The van der Waals surface area contributed by atoms with Crippen LogP contribution in [0, 0.1) is 0 Å². The van der Waals surface area contributed by atoms with Crippen molar-refractivity contribution >= 4 is 22.5 Å². The molecule has 3 N–H and O–H groups in total. The highest BCUT2D eigenvalue weighted by Gasteiger charge is 2.31. The van der Waals surface area contributed by atoms with E-state index in [1.54, 1.807) is 0 Å². The summed E-state index contributed by atoms with van der Waals surface area (Å²) in [7, 11) is 1.19. The van der Waals surface area contributed by atoms with Crippen LogP contribution in [0.2, 0.25) is 0 Å². The van der Waals surface area contributed by atoms with Gasteiger partial charge in [-0.05, 0) is 24.3 Å². The SMILES string of the molecule is COc1cc(NC(=O)c2c[nH]c3cccc(O)c3c2=O)cc(C(F)(F)F)c1. The van der Waals surface area contributed by atoms with E-state index in [1.807, 2.05) is 0 Å². The Hall–Kier alpha value is -3.49. The minimum absolute atomic E-state index is 0.0910. The van der Waals surface area contributed by atoms with Crippen molar-refractivity contribution in [3.63, 3.8) is 0 Å². The smallest absolute Gasteiger partial charge is 0.416 e. The molecule has 6 nitrogen and oxygen atoms in total. The fourth-order valence-electron chi connectivity index (χ4n) is 2.57. The van der Waals surface area contributed by atoms with Crippen molar-refractivity contribution in [2.75, 3.05) is 12.4 Å². The highest BCUT2D eigenvalue weighted by atomic mass is 19.4. The third kappa shape index (κ3) is 3.57. The summed E-state index contributed by atoms with van der Waals surface area (Å²) in [6.07, 6.45) is -3.51. The third-order valence-corrected chi connectivity index (χ3v) is 3.86. The van der Waals surface area contributed by atoms with Crippen LogP contribution in [0.5, 0.6) is 11.5 Å². The number of methoxy groups -OCH3 is 1. The van der Waals surface area contributed by atoms with E-state index in [4.69, 9.17) is 4.74 Å². The van der Waals surface area contributed by atoms with Crippen LogP contribution in [0.1, 0.15) is 15.9 Å². The number of halogens is 3. The molecule has 27 heavy (non-hydrogen) atoms. The normalized spacial score (nSPS) is 11.4. The van der Waals surface area contributed by atoms with Crippen LogP contribution in [0.15, 0.2) is 47.4 Å². The number of aromatic nitrogens is 1. The van der Waals surface area contributed by atoms with Gasteiger partial charge in [0, 0.05) is 18.0 Å². The van der Waals surface area contributed by atoms with Gasteiger partial charge in [-0.2, -0.15) is 13.2 Å². The lowest BCUT2D eigenvalue weighted by molar-refractivity contribution is -0.137. The van der Waals surface area contributed by atoms with Crippen molar-refractivity contribution in [3.8, 4) is 11.5 Å². The molecule has 0 bridgehead atoms. The van der Waals surface area contributed by atoms with Crippen LogP contribution in [-0.4, -0.2) is 23.1 Å². The molecule has 1 amide bonds. The number of hydrogen-bond donors (Lipinski definition) is 3. The highest BCUT2D eigenvalue weighted by molar-refractivity contribution is 6.06. The number of phenols is 1. The van der Waals surface area contributed by atoms with Crippen molar-refractivity contribution in [2.45, 2.75) is 6.18 Å². The minimum atomic E-state index is -4.64. The summed E-state index contributed by atoms with van der Waals surface area (Å²) < 4.78 is 43.8. The molecule has 0 fully saturated rings. The number of amides is 1. The first-order valence-corrected chi connectivity index (χ1v) is 7.61. The standard InChI is InChI=1S/C18H13F3N2O4/c1-27-11-6-9(18(19,20)21)5-10(7-11)23-17(26)12-8-22-13-3-2-4-14(24)15(13)16(12)25/h2-8,24H,1H3,(H,22,25)(H,23,26). The number of aromatic amines is 1. The Balaban J connectivity index is 2.01. The molecular weight excluding hydrogens is 365 g/mol. The van der Waals surface area contributed by atoms with Gasteiger partial charge in [-0.1, -0.05) is 6.07 Å². The van der Waals surface area contributed by atoms with E-state index < -0.39 is 23.1 Å². The number of fused-ring (bicyclic) bond motifs is 1. The summed E-state index contributed by atoms with van der Waals surface area (Å²) in [6.45, 7) is 0. The number of phenolic OH excluding ortho intramolecular Hbond substituents is 1. The summed E-state index contributed by atoms with van der Waals surface area (Å²) >= 11 is 0. The van der Waals surface area contributed by atoms with E-state index in [1.165, 1.54) is 31.4 Å². The lowest BCUT2D eigenvalue weighted by Crippen LogP contribution is -2.22. The highest BCUT2D eigenvalue weighted by Crippen LogP contribution is 2.34. The maximum absolute atomic E-state index is 13.0. The van der Waals surface area contributed by atoms with E-state index in [0.29, 0.717) is 5.52 Å². The van der Waals surface area contributed by atoms with Gasteiger partial charge in [-0.25, -0.2) is 0 Å². The Kier molecular flexibility index (Phi) is 4.52. The summed E-state index contributed by atoms with van der Waals surface area (Å²) in [5, 5.41) is 12.0. The minimum Gasteiger partial charge on any atom is -0.507 e. The molecule has 1 heterocycles. The number of hydrogen-bond acceptors (Lipinski definition) is 4. The van der Waals surface area contributed by atoms with E-state index in [-0.39, 0.29) is 28.1 Å². The van der Waals surface area contributed by atoms with Crippen molar-refractivity contribution in [2.24, 2.45) is 0 Å². The van der Waals surface area contributed by atoms with E-state index in [2.05, 4.69) is 10.3 Å². The van der Waals surface area contributed by atoms with Crippen molar-refractivity contribution in [1.82, 2.24) is 4.98 Å². The molecule has 2 aromatic carbocycles. The van der Waals surface area contributed by atoms with E-state index >= 15 is 0 Å². The fourth-order valence-corrected chi connectivity index (χ4v) is 2.57. The zero-order valence-corrected chi connectivity index (χ0v) is 13.8. The van der Waals surface area contributed by atoms with Gasteiger partial charge in [0.15, 0.2) is 0 Å². The van der Waals surface area contributed by atoms with Crippen molar-refractivity contribution in [3.05, 3.63) is 63.9 Å². The number of aromatic hydroxyl groups is 1. The zero-order chi connectivity index (χ0) is 19.8. The predicted molar refractivity (Wildman–Crippen MR) is 92.2 cm³/mol. The first-order chi connectivity index (χ1) is 12.7. The summed E-state index contributed by atoms with van der Waals surface area (Å²) in [5.41, 5.74) is -2.00. The fraction of sp³-hybridized carbons (Fsp3) is 0.111. The lowest BCUT2D eigenvalue weighted by atomic mass is 10.1. The number of ether oxygens (including phenoxy) is 1. The number of alkyl halides is 3. The number of rotatable bonds is 3. The number of anilines is 1. The average molecular weight is 378 g/mol. The van der Waals surface area contributed by atoms with Gasteiger partial charge >= 0.3 is 6.18 Å². The van der Waals surface area contributed by atoms with Gasteiger partial charge in [-0.3, -0.25) is 9.59 Å². The quantitative estimate of drug-likeness (QED) is 0.650. The molecule has 0 aliphatic heterocycles. The number of pyridine rings is 1. The molecule has 0 unspecified atom stereocenters. The Morgan fingerprint density at radius 3 is 2.63 bits per heavy atom. The molecule has 9 heteroatoms. The molecule has 3 rings (SSSR count). The molecule has 140 valence electrons. The molecule has 0 aliphatic rings. The van der Waals surface area contributed by atoms with Crippen LogP contribution < -0.4 is 15.5 Å². The van der Waals surface area contributed by atoms with Crippen LogP contribution in [0.4, 0.5) is 18.9 Å². The summed E-state index contributed by atoms with van der Waals surface area (Å²) in [4.78, 5) is 27.6. The molecule has 1 aromatic heterocycles. The maximum atomic E-state index is 13.0. The van der Waals surface area contributed by atoms with Crippen LogP contribution in [0.25, 0.3) is 10.9 Å². The molecular formula is C18H13F3N2O4. The van der Waals surface area contributed by atoms with Gasteiger partial charge in [0.25, 0.3) is 5.91 Å². The predicted octanol–water partition coefficient (Wildman–Crippen LogP) is 3.51. The molecule has 0 atom stereocenters. The number of nitrogens with one attached hydrogen (secondary N) is 2.